The molecule has 0 saturated carbocycles. The maximum absolute atomic E-state index is 2.38. The number of aromatic nitrogens is 2. The van der Waals surface area contributed by atoms with Crippen LogP contribution in [0, 0.1) is 0 Å². The minimum Gasteiger partial charge on any atom is -0.375 e. The molecule has 0 aliphatic rings. The molecule has 2 aromatic carbocycles. The zero-order valence-electron chi connectivity index (χ0n) is 28.2. The van der Waals surface area contributed by atoms with Gasteiger partial charge in [-0.05, 0) is 99.2 Å². The average molecular weight is 653 g/mol. The second-order valence-corrected chi connectivity index (χ2v) is 14.3. The zero-order valence-corrected chi connectivity index (χ0v) is 29.9. The number of rotatable bonds is 19. The van der Waals surface area contributed by atoms with Crippen molar-refractivity contribution in [3.63, 3.8) is 0 Å². The second-order valence-electron chi connectivity index (χ2n) is 11.6. The lowest BCUT2D eigenvalue weighted by Crippen LogP contribution is -2.34. The first kappa shape index (κ1) is 35.4. The second kappa shape index (κ2) is 19.9. The van der Waals surface area contributed by atoms with Crippen molar-refractivity contribution in [3.8, 4) is 0 Å². The van der Waals surface area contributed by atoms with Gasteiger partial charge in [-0.25, -0.2) is 0 Å². The molecule has 4 aromatic rings. The molecule has 0 saturated heterocycles. The lowest BCUT2D eigenvalue weighted by atomic mass is 10.1. The van der Waals surface area contributed by atoms with E-state index < -0.39 is 0 Å². The summed E-state index contributed by atoms with van der Waals surface area (Å²) in [5, 5.41) is 0. The molecule has 4 rings (SSSR count). The van der Waals surface area contributed by atoms with Gasteiger partial charge in [0, 0.05) is 86.5 Å². The summed E-state index contributed by atoms with van der Waals surface area (Å²) in [5.74, 6) is 2.45. The number of nitrogens with zero attached hydrogens (tertiary/aromatic N) is 4. The highest BCUT2D eigenvalue weighted by molar-refractivity contribution is 8.76. The summed E-state index contributed by atoms with van der Waals surface area (Å²) in [7, 11) is 8.49. The molecular formula is C40H52N4S2+2. The van der Waals surface area contributed by atoms with Crippen molar-refractivity contribution in [2.24, 2.45) is 0 Å². The average Bonchev–Trinajstić information content (AvgIpc) is 3.11. The van der Waals surface area contributed by atoms with Crippen LogP contribution in [0.3, 0.4) is 0 Å². The third-order valence-electron chi connectivity index (χ3n) is 8.22. The zero-order chi connectivity index (χ0) is 32.4. The summed E-state index contributed by atoms with van der Waals surface area (Å²) in [6, 6.07) is 30.5. The lowest BCUT2D eigenvalue weighted by Gasteiger charge is -2.19. The molecule has 0 amide bonds. The molecule has 0 atom stereocenters. The Balaban J connectivity index is 1.04. The summed E-state index contributed by atoms with van der Waals surface area (Å²) >= 11 is 0. The number of aryl methyl sites for hydroxylation is 2. The fourth-order valence-corrected chi connectivity index (χ4v) is 7.59. The van der Waals surface area contributed by atoms with Gasteiger partial charge in [0.25, 0.3) is 0 Å². The van der Waals surface area contributed by atoms with Gasteiger partial charge in [0.1, 0.15) is 13.1 Å². The Bertz CT molecular complexity index is 1380. The highest BCUT2D eigenvalue weighted by Gasteiger charge is 2.06. The fraction of sp³-hybridized carbons (Fsp3) is 0.350. The molecule has 2 aromatic heterocycles. The largest absolute Gasteiger partial charge is 0.375 e. The number of benzene rings is 2. The van der Waals surface area contributed by atoms with Gasteiger partial charge in [0.05, 0.1) is 0 Å². The predicted molar refractivity (Wildman–Crippen MR) is 205 cm³/mol. The Kier molecular flexibility index (Phi) is 15.3. The molecule has 46 heavy (non-hydrogen) atoms. The van der Waals surface area contributed by atoms with Crippen molar-refractivity contribution in [3.05, 3.63) is 120 Å². The van der Waals surface area contributed by atoms with Gasteiger partial charge < -0.3 is 9.80 Å². The Morgan fingerprint density at radius 2 is 0.935 bits per heavy atom. The van der Waals surface area contributed by atoms with Gasteiger partial charge in [0.15, 0.2) is 12.4 Å². The van der Waals surface area contributed by atoms with Gasteiger partial charge in [-0.3, -0.25) is 0 Å². The van der Waals surface area contributed by atoms with E-state index in [1.54, 1.807) is 0 Å². The van der Waals surface area contributed by atoms with Gasteiger partial charge in [-0.1, -0.05) is 45.9 Å². The van der Waals surface area contributed by atoms with Crippen molar-refractivity contribution in [1.29, 1.82) is 0 Å². The number of anilines is 2. The molecule has 0 unspecified atom stereocenters. The van der Waals surface area contributed by atoms with Crippen molar-refractivity contribution >= 4 is 57.3 Å². The maximum Gasteiger partial charge on any atom is 0.205 e. The smallest absolute Gasteiger partial charge is 0.205 e. The fourth-order valence-electron chi connectivity index (χ4n) is 5.30. The predicted octanol–water partition coefficient (Wildman–Crippen LogP) is 9.16. The summed E-state index contributed by atoms with van der Waals surface area (Å²) in [5.41, 5.74) is 7.49. The highest BCUT2D eigenvalue weighted by atomic mass is 33.1. The highest BCUT2D eigenvalue weighted by Crippen LogP contribution is 2.24. The molecule has 0 radical (unpaired) electrons. The maximum atomic E-state index is 2.38. The van der Waals surface area contributed by atoms with E-state index in [2.05, 4.69) is 169 Å². The number of hydrogen-bond acceptors (Lipinski definition) is 4. The van der Waals surface area contributed by atoms with Crippen LogP contribution >= 0.6 is 21.6 Å². The monoisotopic (exact) mass is 652 g/mol. The standard InChI is InChI=1S/C40H52N4S2/c1-5-43-31-9-7-15-39(43)27-21-35-17-23-37(24-18-35)41(3)29-11-13-33-45-46-34-14-12-30-42(4)38-25-19-36(20-26-38)22-28-40-16-8-10-32-44(40)6-2/h7-10,15-28,31-32H,5-6,11-14,29-30,33-34H2,1-4H3/q+2. The van der Waals surface area contributed by atoms with Crippen LogP contribution in [0.5, 0.6) is 0 Å². The molecule has 2 heterocycles. The summed E-state index contributed by atoms with van der Waals surface area (Å²) in [4.78, 5) is 4.75. The van der Waals surface area contributed by atoms with Crippen LogP contribution in [0.25, 0.3) is 24.3 Å². The summed E-state index contributed by atoms with van der Waals surface area (Å²) in [6.07, 6.45) is 18.0. The van der Waals surface area contributed by atoms with Crippen LogP contribution in [-0.4, -0.2) is 38.7 Å². The van der Waals surface area contributed by atoms with Crippen LogP contribution in [0.15, 0.2) is 97.3 Å². The summed E-state index contributed by atoms with van der Waals surface area (Å²) in [6.45, 7) is 8.49. The first-order valence-corrected chi connectivity index (χ1v) is 19.3. The molecular weight excluding hydrogens is 601 g/mol. The van der Waals surface area contributed by atoms with Crippen molar-refractivity contribution < 1.29 is 9.13 Å². The minimum absolute atomic E-state index is 0.976. The van der Waals surface area contributed by atoms with E-state index in [4.69, 9.17) is 0 Å². The lowest BCUT2D eigenvalue weighted by molar-refractivity contribution is -0.695. The molecule has 6 heteroatoms. The van der Waals surface area contributed by atoms with Crippen molar-refractivity contribution in [1.82, 2.24) is 0 Å². The molecule has 4 nitrogen and oxygen atoms in total. The summed E-state index contributed by atoms with van der Waals surface area (Å²) < 4.78 is 4.51. The third-order valence-corrected chi connectivity index (χ3v) is 10.8. The SMILES string of the molecule is CC[n+]1ccccc1C=Cc1ccc(N(C)CCCCSSCCCCN(C)c2ccc(C=Cc3cccc[n+]3CC)cc2)cc1. The van der Waals surface area contributed by atoms with Gasteiger partial charge >= 0.3 is 0 Å². The van der Waals surface area contributed by atoms with E-state index in [-0.39, 0.29) is 0 Å². The van der Waals surface area contributed by atoms with E-state index in [0.717, 1.165) is 26.2 Å². The Hall–Kier alpha value is -3.48. The van der Waals surface area contributed by atoms with Crippen LogP contribution in [-0.2, 0) is 13.1 Å². The number of unbranched alkanes of at least 4 members (excludes halogenated alkanes) is 2. The number of pyridine rings is 2. The van der Waals surface area contributed by atoms with E-state index in [1.165, 1.54) is 71.1 Å². The Morgan fingerprint density at radius 1 is 0.522 bits per heavy atom. The molecule has 0 N–H and O–H groups in total. The normalized spacial score (nSPS) is 11.5. The van der Waals surface area contributed by atoms with Gasteiger partial charge in [-0.15, -0.1) is 0 Å². The van der Waals surface area contributed by atoms with Crippen molar-refractivity contribution in [2.75, 3.05) is 48.5 Å². The molecule has 0 aliphatic heterocycles. The van der Waals surface area contributed by atoms with Crippen molar-refractivity contribution in [2.45, 2.75) is 52.6 Å². The van der Waals surface area contributed by atoms with Crippen LogP contribution in [0.2, 0.25) is 0 Å². The Morgan fingerprint density at radius 3 is 1.33 bits per heavy atom. The minimum atomic E-state index is 0.976. The van der Waals surface area contributed by atoms with E-state index in [9.17, 15) is 0 Å². The molecule has 0 spiro atoms. The molecule has 242 valence electrons. The Labute approximate surface area is 286 Å². The third kappa shape index (κ3) is 11.7. The first-order chi connectivity index (χ1) is 22.6. The van der Waals surface area contributed by atoms with E-state index in [1.807, 2.05) is 21.6 Å². The van der Waals surface area contributed by atoms with Crippen LogP contribution < -0.4 is 18.9 Å². The topological polar surface area (TPSA) is 14.2 Å². The first-order valence-electron chi connectivity index (χ1n) is 16.8. The van der Waals surface area contributed by atoms with E-state index >= 15 is 0 Å². The van der Waals surface area contributed by atoms with Gasteiger partial charge in [-0.2, -0.15) is 9.13 Å². The van der Waals surface area contributed by atoms with Crippen LogP contribution in [0.4, 0.5) is 11.4 Å². The molecule has 0 fully saturated rings. The quantitative estimate of drug-likeness (QED) is 0.0570. The number of hydrogen-bond donors (Lipinski definition) is 0. The van der Waals surface area contributed by atoms with Gasteiger partial charge in [0.2, 0.25) is 11.4 Å². The molecule has 0 aliphatic carbocycles. The molecule has 0 bridgehead atoms. The van der Waals surface area contributed by atoms with Crippen LogP contribution in [0.1, 0.15) is 62.0 Å². The van der Waals surface area contributed by atoms with E-state index in [0.29, 0.717) is 0 Å².